The fraction of sp³-hybridized carbons (Fsp3) is 0.333. The third-order valence-electron chi connectivity index (χ3n) is 4.82. The van der Waals surface area contributed by atoms with Gasteiger partial charge in [0, 0.05) is 43.9 Å². The van der Waals surface area contributed by atoms with Crippen LogP contribution in [0.15, 0.2) is 42.5 Å². The Hall–Kier alpha value is -2.84. The van der Waals surface area contributed by atoms with Gasteiger partial charge in [-0.05, 0) is 31.2 Å². The quantitative estimate of drug-likeness (QED) is 0.777. The molecule has 0 bridgehead atoms. The Labute approximate surface area is 154 Å². The summed E-state index contributed by atoms with van der Waals surface area (Å²) < 4.78 is 5.44. The number of hydrogen-bond donors (Lipinski definition) is 0. The van der Waals surface area contributed by atoms with Gasteiger partial charge in [-0.3, -0.25) is 9.69 Å². The third kappa shape index (κ3) is 3.87. The predicted molar refractivity (Wildman–Crippen MR) is 102 cm³/mol. The first-order valence-corrected chi connectivity index (χ1v) is 8.76. The maximum atomic E-state index is 11.7. The molecule has 2 aromatic rings. The smallest absolute Gasteiger partial charge is 0.159 e. The van der Waals surface area contributed by atoms with Crippen molar-refractivity contribution >= 4 is 11.5 Å². The van der Waals surface area contributed by atoms with Crippen LogP contribution < -0.4 is 9.64 Å². The second-order valence-electron chi connectivity index (χ2n) is 6.47. The van der Waals surface area contributed by atoms with Crippen LogP contribution in [0.3, 0.4) is 0 Å². The molecule has 1 aliphatic heterocycles. The van der Waals surface area contributed by atoms with E-state index < -0.39 is 0 Å². The molecule has 0 unspecified atom stereocenters. The maximum absolute atomic E-state index is 11.7. The number of nitriles is 1. The van der Waals surface area contributed by atoms with Crippen molar-refractivity contribution in [3.63, 3.8) is 0 Å². The van der Waals surface area contributed by atoms with Crippen LogP contribution in [0.2, 0.25) is 0 Å². The highest BCUT2D eigenvalue weighted by Crippen LogP contribution is 2.25. The Bertz CT molecular complexity index is 833. The SMILES string of the molecule is COc1ccccc1CN1CCN(c2cc(C(C)=O)ccc2C#N)CC1. The largest absolute Gasteiger partial charge is 0.496 e. The number of methoxy groups -OCH3 is 1. The Balaban J connectivity index is 1.70. The Morgan fingerprint density at radius 2 is 1.88 bits per heavy atom. The molecule has 26 heavy (non-hydrogen) atoms. The second-order valence-corrected chi connectivity index (χ2v) is 6.47. The van der Waals surface area contributed by atoms with E-state index in [0.717, 1.165) is 44.2 Å². The van der Waals surface area contributed by atoms with Gasteiger partial charge >= 0.3 is 0 Å². The molecule has 3 rings (SSSR count). The molecule has 0 aromatic heterocycles. The van der Waals surface area contributed by atoms with Crippen molar-refractivity contribution in [2.45, 2.75) is 13.5 Å². The van der Waals surface area contributed by atoms with Crippen LogP contribution in [0.5, 0.6) is 5.75 Å². The Morgan fingerprint density at radius 3 is 2.54 bits per heavy atom. The number of rotatable bonds is 5. The first kappa shape index (κ1) is 18.0. The number of piperazine rings is 1. The van der Waals surface area contributed by atoms with E-state index in [0.29, 0.717) is 11.1 Å². The molecule has 1 fully saturated rings. The molecule has 1 saturated heterocycles. The number of benzene rings is 2. The van der Waals surface area contributed by atoms with E-state index in [9.17, 15) is 10.1 Å². The molecular weight excluding hydrogens is 326 g/mol. The number of nitrogens with zero attached hydrogens (tertiary/aromatic N) is 3. The molecule has 0 radical (unpaired) electrons. The minimum atomic E-state index is 0.0190. The zero-order chi connectivity index (χ0) is 18.5. The monoisotopic (exact) mass is 349 g/mol. The summed E-state index contributed by atoms with van der Waals surface area (Å²) in [4.78, 5) is 16.3. The van der Waals surface area contributed by atoms with E-state index in [1.807, 2.05) is 24.3 Å². The average molecular weight is 349 g/mol. The van der Waals surface area contributed by atoms with Gasteiger partial charge in [-0.15, -0.1) is 0 Å². The first-order chi connectivity index (χ1) is 12.6. The molecule has 0 atom stereocenters. The van der Waals surface area contributed by atoms with Crippen LogP contribution in [0, 0.1) is 11.3 Å². The lowest BCUT2D eigenvalue weighted by Gasteiger charge is -2.36. The zero-order valence-corrected chi connectivity index (χ0v) is 15.2. The summed E-state index contributed by atoms with van der Waals surface area (Å²) >= 11 is 0. The number of Topliss-reactive ketones (excluding diaryl/α,β-unsaturated/α-hetero) is 1. The van der Waals surface area contributed by atoms with Gasteiger partial charge in [-0.1, -0.05) is 18.2 Å². The van der Waals surface area contributed by atoms with Crippen LogP contribution in [0.25, 0.3) is 0 Å². The third-order valence-corrected chi connectivity index (χ3v) is 4.82. The Morgan fingerprint density at radius 1 is 1.15 bits per heavy atom. The van der Waals surface area contributed by atoms with Gasteiger partial charge in [0.1, 0.15) is 11.8 Å². The number of para-hydroxylation sites is 1. The number of carbonyl (C=O) groups is 1. The van der Waals surface area contributed by atoms with E-state index in [2.05, 4.69) is 21.9 Å². The second kappa shape index (κ2) is 8.03. The van der Waals surface area contributed by atoms with E-state index >= 15 is 0 Å². The molecular formula is C21H23N3O2. The van der Waals surface area contributed by atoms with Gasteiger partial charge < -0.3 is 9.64 Å². The van der Waals surface area contributed by atoms with Crippen molar-refractivity contribution < 1.29 is 9.53 Å². The fourth-order valence-electron chi connectivity index (χ4n) is 3.33. The van der Waals surface area contributed by atoms with E-state index in [1.165, 1.54) is 5.56 Å². The summed E-state index contributed by atoms with van der Waals surface area (Å²) in [5.41, 5.74) is 3.31. The highest BCUT2D eigenvalue weighted by atomic mass is 16.5. The van der Waals surface area contributed by atoms with E-state index in [-0.39, 0.29) is 5.78 Å². The van der Waals surface area contributed by atoms with Gasteiger partial charge in [-0.25, -0.2) is 0 Å². The maximum Gasteiger partial charge on any atom is 0.159 e. The predicted octanol–water partition coefficient (Wildman–Crippen LogP) is 3.09. The minimum absolute atomic E-state index is 0.0190. The van der Waals surface area contributed by atoms with Crippen molar-refractivity contribution in [1.29, 1.82) is 5.26 Å². The van der Waals surface area contributed by atoms with Crippen molar-refractivity contribution in [2.75, 3.05) is 38.2 Å². The summed E-state index contributed by atoms with van der Waals surface area (Å²) in [5, 5.41) is 9.40. The molecule has 1 heterocycles. The number of ketones is 1. The summed E-state index contributed by atoms with van der Waals surface area (Å²) in [6.07, 6.45) is 0. The van der Waals surface area contributed by atoms with Crippen LogP contribution in [0.1, 0.15) is 28.4 Å². The number of anilines is 1. The van der Waals surface area contributed by atoms with Crippen molar-refractivity contribution in [1.82, 2.24) is 4.90 Å². The molecule has 2 aromatic carbocycles. The summed E-state index contributed by atoms with van der Waals surface area (Å²) in [5.74, 6) is 0.932. The van der Waals surface area contributed by atoms with Crippen LogP contribution in [-0.4, -0.2) is 44.0 Å². The van der Waals surface area contributed by atoms with Gasteiger partial charge in [0.2, 0.25) is 0 Å². The van der Waals surface area contributed by atoms with Gasteiger partial charge in [0.25, 0.3) is 0 Å². The average Bonchev–Trinajstić information content (AvgIpc) is 2.68. The lowest BCUT2D eigenvalue weighted by Crippen LogP contribution is -2.46. The summed E-state index contributed by atoms with van der Waals surface area (Å²) in [6.45, 7) is 5.84. The molecule has 1 aliphatic rings. The lowest BCUT2D eigenvalue weighted by atomic mass is 10.1. The number of carbonyl (C=O) groups excluding carboxylic acids is 1. The van der Waals surface area contributed by atoms with E-state index in [4.69, 9.17) is 4.74 Å². The van der Waals surface area contributed by atoms with Crippen molar-refractivity contribution in [2.24, 2.45) is 0 Å². The highest BCUT2D eigenvalue weighted by Gasteiger charge is 2.21. The Kier molecular flexibility index (Phi) is 5.55. The standard InChI is InChI=1S/C21H23N3O2/c1-16(25)17-7-8-18(14-22)20(13-17)24-11-9-23(10-12-24)15-19-5-3-4-6-21(19)26-2/h3-8,13H,9-12,15H2,1-2H3. The number of ether oxygens (including phenoxy) is 1. The van der Waals surface area contributed by atoms with Crippen LogP contribution in [-0.2, 0) is 6.54 Å². The summed E-state index contributed by atoms with van der Waals surface area (Å²) in [7, 11) is 1.70. The van der Waals surface area contributed by atoms with Crippen molar-refractivity contribution in [3.05, 3.63) is 59.2 Å². The van der Waals surface area contributed by atoms with Gasteiger partial charge in [0.15, 0.2) is 5.78 Å². The van der Waals surface area contributed by atoms with Crippen LogP contribution in [0.4, 0.5) is 5.69 Å². The zero-order valence-electron chi connectivity index (χ0n) is 15.2. The molecule has 5 nitrogen and oxygen atoms in total. The van der Waals surface area contributed by atoms with Gasteiger partial charge in [-0.2, -0.15) is 5.26 Å². The highest BCUT2D eigenvalue weighted by molar-refractivity contribution is 5.95. The molecule has 0 amide bonds. The molecule has 5 heteroatoms. The molecule has 0 saturated carbocycles. The normalized spacial score (nSPS) is 14.7. The molecule has 0 N–H and O–H groups in total. The van der Waals surface area contributed by atoms with Gasteiger partial charge in [0.05, 0.1) is 18.4 Å². The van der Waals surface area contributed by atoms with Crippen LogP contribution >= 0.6 is 0 Å². The minimum Gasteiger partial charge on any atom is -0.496 e. The topological polar surface area (TPSA) is 56.6 Å². The summed E-state index contributed by atoms with van der Waals surface area (Å²) in [6, 6.07) is 15.6. The number of hydrogen-bond acceptors (Lipinski definition) is 5. The fourth-order valence-corrected chi connectivity index (χ4v) is 3.33. The molecule has 0 spiro atoms. The molecule has 134 valence electrons. The molecule has 0 aliphatic carbocycles. The lowest BCUT2D eigenvalue weighted by molar-refractivity contribution is 0.101. The first-order valence-electron chi connectivity index (χ1n) is 8.76. The van der Waals surface area contributed by atoms with Crippen molar-refractivity contribution in [3.8, 4) is 11.8 Å². The van der Waals surface area contributed by atoms with E-state index in [1.54, 1.807) is 26.2 Å².